The molecule has 3 rings (SSSR count). The summed E-state index contributed by atoms with van der Waals surface area (Å²) in [6.07, 6.45) is 4.27. The molecule has 3 heterocycles. The van der Waals surface area contributed by atoms with Gasteiger partial charge < -0.3 is 34.3 Å². The summed E-state index contributed by atoms with van der Waals surface area (Å²) in [6.45, 7) is 15.9. The molecule has 3 N–H and O–H groups in total. The minimum absolute atomic E-state index is 0.0258. The maximum absolute atomic E-state index is 11.7. The van der Waals surface area contributed by atoms with Crippen LogP contribution in [0.5, 0.6) is 0 Å². The molecule has 0 amide bonds. The van der Waals surface area contributed by atoms with Crippen LogP contribution in [0.15, 0.2) is 36.4 Å². The van der Waals surface area contributed by atoms with Gasteiger partial charge in [0.15, 0.2) is 0 Å². The van der Waals surface area contributed by atoms with Crippen molar-refractivity contribution in [2.24, 2.45) is 0 Å². The number of pyridine rings is 2. The zero-order valence-electron chi connectivity index (χ0n) is 32.7. The number of thioether (sulfide) groups is 1. The van der Waals surface area contributed by atoms with Crippen LogP contribution in [0.3, 0.4) is 0 Å². The Morgan fingerprint density at radius 3 is 1.98 bits per heavy atom. The Labute approximate surface area is 325 Å². The van der Waals surface area contributed by atoms with Crippen LogP contribution in [0.4, 0.5) is 0 Å². The molecule has 15 heteroatoms. The molecule has 0 spiro atoms. The Balaban J connectivity index is 0.00000113. The molecule has 1 saturated heterocycles. The molecule has 1 fully saturated rings. The summed E-state index contributed by atoms with van der Waals surface area (Å²) in [6, 6.07) is 10.2. The minimum atomic E-state index is -1.05. The first kappa shape index (κ1) is 47.0. The van der Waals surface area contributed by atoms with Crippen LogP contribution < -0.4 is 0 Å². The average molecular weight is 776 g/mol. The number of aromatic nitrogens is 2. The Bertz CT molecular complexity index is 1410. The van der Waals surface area contributed by atoms with Crippen molar-refractivity contribution >= 4 is 23.7 Å². The minimum Gasteiger partial charge on any atom is -0.477 e. The van der Waals surface area contributed by atoms with Gasteiger partial charge in [-0.3, -0.25) is 9.80 Å². The number of ether oxygens (including phenoxy) is 4. The third-order valence-electron chi connectivity index (χ3n) is 8.83. The van der Waals surface area contributed by atoms with Crippen molar-refractivity contribution in [1.29, 1.82) is 5.26 Å². The number of hydrogen-bond acceptors (Lipinski definition) is 13. The van der Waals surface area contributed by atoms with Crippen LogP contribution in [0.25, 0.3) is 0 Å². The van der Waals surface area contributed by atoms with Crippen LogP contribution in [-0.2, 0) is 25.5 Å². The molecule has 0 bridgehead atoms. The van der Waals surface area contributed by atoms with Crippen molar-refractivity contribution in [3.8, 4) is 5.40 Å². The fourth-order valence-corrected chi connectivity index (χ4v) is 6.08. The highest BCUT2D eigenvalue weighted by Gasteiger charge is 2.25. The van der Waals surface area contributed by atoms with E-state index in [9.17, 15) is 19.8 Å². The second kappa shape index (κ2) is 26.6. The quantitative estimate of drug-likeness (QED) is 0.216. The largest absolute Gasteiger partial charge is 0.477 e. The summed E-state index contributed by atoms with van der Waals surface area (Å²) in [5, 5.41) is 37.5. The summed E-state index contributed by atoms with van der Waals surface area (Å²) in [4.78, 5) is 36.3. The van der Waals surface area contributed by atoms with Gasteiger partial charge in [0.05, 0.1) is 75.9 Å². The van der Waals surface area contributed by atoms with Gasteiger partial charge in [0.2, 0.25) is 0 Å². The molecule has 3 atom stereocenters. The fourth-order valence-electron chi connectivity index (χ4n) is 5.76. The Hall–Kier alpha value is -3.20. The van der Waals surface area contributed by atoms with Crippen molar-refractivity contribution in [3.05, 3.63) is 59.2 Å². The number of rotatable bonds is 13. The van der Waals surface area contributed by atoms with E-state index in [2.05, 4.69) is 40.5 Å². The highest BCUT2D eigenvalue weighted by molar-refractivity contribution is 8.05. The van der Waals surface area contributed by atoms with Gasteiger partial charge in [-0.25, -0.2) is 19.6 Å². The molecule has 1 aliphatic heterocycles. The molecule has 1 aliphatic rings. The van der Waals surface area contributed by atoms with Crippen molar-refractivity contribution in [2.45, 2.75) is 96.3 Å². The molecule has 0 saturated carbocycles. The van der Waals surface area contributed by atoms with E-state index in [1.807, 2.05) is 31.4 Å². The van der Waals surface area contributed by atoms with Crippen molar-refractivity contribution < 1.29 is 43.9 Å². The third-order valence-corrected chi connectivity index (χ3v) is 9.61. The van der Waals surface area contributed by atoms with Gasteiger partial charge >= 0.3 is 11.9 Å². The highest BCUT2D eigenvalue weighted by Crippen LogP contribution is 2.26. The Morgan fingerprint density at radius 2 is 1.43 bits per heavy atom. The number of aromatic carboxylic acids is 2. The lowest BCUT2D eigenvalue weighted by atomic mass is 10.0. The summed E-state index contributed by atoms with van der Waals surface area (Å²) < 4.78 is 24.4. The SMILES string of the molecule is CC(C)(CO)SC#N.CCCCC(c1cccc(C(=O)O)n1)N1CCOCCOCCN(Cc2cccc(C(=O)O)n2)CCOC(CC)C(CC)OCC1. The second-order valence-electron chi connectivity index (χ2n) is 13.5. The predicted octanol–water partition coefficient (Wildman–Crippen LogP) is 5.52. The number of carbonyl (C=O) groups is 2. The number of thiocyanates is 1. The van der Waals surface area contributed by atoms with E-state index in [0.29, 0.717) is 78.1 Å². The molecular weight excluding hydrogens is 715 g/mol. The van der Waals surface area contributed by atoms with E-state index in [4.69, 9.17) is 29.3 Å². The predicted molar refractivity (Wildman–Crippen MR) is 208 cm³/mol. The molecule has 3 unspecified atom stereocenters. The lowest BCUT2D eigenvalue weighted by Crippen LogP contribution is -2.39. The number of nitriles is 1. The first-order chi connectivity index (χ1) is 26.0. The topological polar surface area (TPSA) is 188 Å². The molecular formula is C39H61N5O9S. The molecule has 0 aromatic carbocycles. The average Bonchev–Trinajstić information content (AvgIpc) is 3.16. The zero-order chi connectivity index (χ0) is 39.8. The summed E-state index contributed by atoms with van der Waals surface area (Å²) >= 11 is 1.09. The zero-order valence-corrected chi connectivity index (χ0v) is 33.5. The fraction of sp³-hybridized carbons (Fsp3) is 0.667. The van der Waals surface area contributed by atoms with Crippen LogP contribution in [-0.4, -0.2) is 136 Å². The van der Waals surface area contributed by atoms with Gasteiger partial charge in [-0.1, -0.05) is 45.7 Å². The molecule has 302 valence electrons. The molecule has 2 aromatic heterocycles. The van der Waals surface area contributed by atoms with Gasteiger partial charge in [0.25, 0.3) is 0 Å². The maximum Gasteiger partial charge on any atom is 0.354 e. The first-order valence-electron chi connectivity index (χ1n) is 18.9. The maximum atomic E-state index is 11.7. The summed E-state index contributed by atoms with van der Waals surface area (Å²) in [5.41, 5.74) is 1.49. The number of nitrogens with zero attached hydrogens (tertiary/aromatic N) is 5. The van der Waals surface area contributed by atoms with Crippen LogP contribution in [0, 0.1) is 10.7 Å². The van der Waals surface area contributed by atoms with E-state index in [1.54, 1.807) is 12.1 Å². The third kappa shape index (κ3) is 18.0. The van der Waals surface area contributed by atoms with Gasteiger partial charge in [-0.15, -0.1) is 0 Å². The van der Waals surface area contributed by atoms with Gasteiger partial charge in [-0.2, -0.15) is 5.26 Å². The van der Waals surface area contributed by atoms with E-state index in [1.165, 1.54) is 12.1 Å². The van der Waals surface area contributed by atoms with Crippen LogP contribution in [0.1, 0.15) is 105 Å². The summed E-state index contributed by atoms with van der Waals surface area (Å²) in [7, 11) is 0. The van der Waals surface area contributed by atoms with E-state index in [0.717, 1.165) is 49.6 Å². The monoisotopic (exact) mass is 775 g/mol. The van der Waals surface area contributed by atoms with E-state index in [-0.39, 0.29) is 41.0 Å². The standard InChI is InChI=1S/C34H52N4O8.C5H9NOS/c1-4-7-14-30(27-11-9-13-29(36-27)34(41)42)38-17-20-44-24-23-43-19-15-37(25-26-10-8-12-28(35-26)33(39)40)16-21-45-31(5-2)32(6-3)46-22-18-38;1-5(2,3-7)8-4-6/h8-13,30-32H,4-7,14-25H2,1-3H3,(H,39,40)(H,41,42);7H,3H2,1-2H3. The number of carboxylic acids is 2. The van der Waals surface area contributed by atoms with Crippen molar-refractivity contribution in [3.63, 3.8) is 0 Å². The number of unbranched alkanes of at least 4 members (excludes halogenated alkanes) is 1. The number of carboxylic acid groups (broad SMARTS) is 2. The number of aliphatic hydroxyl groups is 1. The molecule has 0 aliphatic carbocycles. The number of aliphatic hydroxyl groups excluding tert-OH is 1. The molecule has 0 radical (unpaired) electrons. The first-order valence-corrected chi connectivity index (χ1v) is 19.7. The van der Waals surface area contributed by atoms with Crippen molar-refractivity contribution in [1.82, 2.24) is 19.8 Å². The lowest BCUT2D eigenvalue weighted by Gasteiger charge is -2.33. The van der Waals surface area contributed by atoms with Crippen LogP contribution in [0.2, 0.25) is 0 Å². The molecule has 2 aromatic rings. The Kier molecular flexibility index (Phi) is 23.1. The normalized spacial score (nSPS) is 19.6. The van der Waals surface area contributed by atoms with E-state index < -0.39 is 11.9 Å². The smallest absolute Gasteiger partial charge is 0.354 e. The Morgan fingerprint density at radius 1 is 0.870 bits per heavy atom. The second-order valence-corrected chi connectivity index (χ2v) is 15.0. The van der Waals surface area contributed by atoms with E-state index >= 15 is 0 Å². The lowest BCUT2D eigenvalue weighted by molar-refractivity contribution is -0.0860. The van der Waals surface area contributed by atoms with Crippen molar-refractivity contribution in [2.75, 3.05) is 72.4 Å². The van der Waals surface area contributed by atoms with Crippen LogP contribution >= 0.6 is 11.8 Å². The highest BCUT2D eigenvalue weighted by atomic mass is 32.2. The molecule has 14 nitrogen and oxygen atoms in total. The van der Waals surface area contributed by atoms with Gasteiger partial charge in [-0.05, 0) is 69.1 Å². The number of hydrogen-bond donors (Lipinski definition) is 3. The van der Waals surface area contributed by atoms with Gasteiger partial charge in [0, 0.05) is 37.5 Å². The van der Waals surface area contributed by atoms with Gasteiger partial charge in [0.1, 0.15) is 16.8 Å². The summed E-state index contributed by atoms with van der Waals surface area (Å²) in [5.74, 6) is -2.08. The molecule has 54 heavy (non-hydrogen) atoms.